The molecule has 1 amide bonds. The van der Waals surface area contributed by atoms with Gasteiger partial charge in [-0.1, -0.05) is 18.5 Å². The number of nitrogens with one attached hydrogen (secondary N) is 2. The van der Waals surface area contributed by atoms with E-state index in [0.29, 0.717) is 29.2 Å². The van der Waals surface area contributed by atoms with Crippen LogP contribution in [0.15, 0.2) is 18.3 Å². The number of methoxy groups -OCH3 is 1. The van der Waals surface area contributed by atoms with Crippen LogP contribution in [0.2, 0.25) is 5.02 Å². The molecule has 0 radical (unpaired) electrons. The summed E-state index contributed by atoms with van der Waals surface area (Å²) in [5, 5.41) is 12.8. The van der Waals surface area contributed by atoms with Gasteiger partial charge in [-0.15, -0.1) is 0 Å². The first-order valence-corrected chi connectivity index (χ1v) is 7.00. The smallest absolute Gasteiger partial charge is 0.253 e. The van der Waals surface area contributed by atoms with Crippen molar-refractivity contribution in [1.29, 1.82) is 5.26 Å². The van der Waals surface area contributed by atoms with Crippen molar-refractivity contribution >= 4 is 28.4 Å². The van der Waals surface area contributed by atoms with Gasteiger partial charge < -0.3 is 15.0 Å². The van der Waals surface area contributed by atoms with E-state index in [9.17, 15) is 4.79 Å². The van der Waals surface area contributed by atoms with Crippen molar-refractivity contribution in [2.75, 3.05) is 7.11 Å². The second-order valence-electron chi connectivity index (χ2n) is 4.68. The first-order valence-electron chi connectivity index (χ1n) is 6.63. The normalized spacial score (nSPS) is 11.9. The van der Waals surface area contributed by atoms with Gasteiger partial charge in [0.15, 0.2) is 0 Å². The number of halogens is 1. The lowest BCUT2D eigenvalue weighted by molar-refractivity contribution is 0.0938. The Balaban J connectivity index is 2.33. The van der Waals surface area contributed by atoms with Crippen LogP contribution in [0.3, 0.4) is 0 Å². The topological polar surface area (TPSA) is 77.9 Å². The lowest BCUT2D eigenvalue weighted by Crippen LogP contribution is -2.33. The summed E-state index contributed by atoms with van der Waals surface area (Å²) in [6.07, 6.45) is 2.63. The van der Waals surface area contributed by atoms with E-state index in [4.69, 9.17) is 21.6 Å². The third kappa shape index (κ3) is 3.11. The van der Waals surface area contributed by atoms with Gasteiger partial charge in [0.1, 0.15) is 5.75 Å². The predicted octanol–water partition coefficient (Wildman–Crippen LogP) is 3.25. The van der Waals surface area contributed by atoms with Crippen molar-refractivity contribution in [1.82, 2.24) is 10.3 Å². The van der Waals surface area contributed by atoms with Crippen molar-refractivity contribution < 1.29 is 9.53 Å². The van der Waals surface area contributed by atoms with Gasteiger partial charge >= 0.3 is 0 Å². The molecule has 0 saturated heterocycles. The Labute approximate surface area is 127 Å². The Morgan fingerprint density at radius 2 is 2.33 bits per heavy atom. The van der Waals surface area contributed by atoms with Gasteiger partial charge in [0.2, 0.25) is 0 Å². The molecule has 0 spiro atoms. The minimum absolute atomic E-state index is 0.151. The molecule has 1 aromatic heterocycles. The molecule has 2 N–H and O–H groups in total. The number of carbonyl (C=O) groups excluding carboxylic acids is 1. The molecular formula is C15H16ClN3O2. The molecule has 0 aliphatic carbocycles. The van der Waals surface area contributed by atoms with Crippen LogP contribution >= 0.6 is 11.6 Å². The SMILES string of the molecule is CCC(CC#N)NC(=O)c1c[nH]c2cc(Cl)c(OC)cc12. The fourth-order valence-electron chi connectivity index (χ4n) is 2.14. The van der Waals surface area contributed by atoms with Crippen LogP contribution in [-0.4, -0.2) is 24.0 Å². The molecule has 1 atom stereocenters. The van der Waals surface area contributed by atoms with E-state index in [-0.39, 0.29) is 11.9 Å². The summed E-state index contributed by atoms with van der Waals surface area (Å²) in [6.45, 7) is 1.93. The molecule has 21 heavy (non-hydrogen) atoms. The Kier molecular flexibility index (Phi) is 4.71. The van der Waals surface area contributed by atoms with E-state index in [2.05, 4.69) is 16.4 Å². The molecule has 0 aliphatic heterocycles. The van der Waals surface area contributed by atoms with Gasteiger partial charge in [-0.05, 0) is 18.6 Å². The van der Waals surface area contributed by atoms with Gasteiger partial charge in [0.05, 0.1) is 30.2 Å². The number of fused-ring (bicyclic) bond motifs is 1. The first kappa shape index (κ1) is 15.2. The van der Waals surface area contributed by atoms with Crippen LogP contribution in [-0.2, 0) is 0 Å². The summed E-state index contributed by atoms with van der Waals surface area (Å²) in [6, 6.07) is 5.37. The highest BCUT2D eigenvalue weighted by Gasteiger charge is 2.17. The van der Waals surface area contributed by atoms with Crippen molar-refractivity contribution in [2.45, 2.75) is 25.8 Å². The molecule has 2 rings (SSSR count). The maximum Gasteiger partial charge on any atom is 0.253 e. The van der Waals surface area contributed by atoms with Crippen LogP contribution in [0.5, 0.6) is 5.75 Å². The van der Waals surface area contributed by atoms with Crippen molar-refractivity contribution in [3.63, 3.8) is 0 Å². The van der Waals surface area contributed by atoms with E-state index in [1.165, 1.54) is 7.11 Å². The molecule has 0 bridgehead atoms. The van der Waals surface area contributed by atoms with Crippen LogP contribution in [0.25, 0.3) is 10.9 Å². The number of ether oxygens (including phenoxy) is 1. The van der Waals surface area contributed by atoms with Crippen LogP contribution < -0.4 is 10.1 Å². The third-order valence-electron chi connectivity index (χ3n) is 3.36. The Morgan fingerprint density at radius 1 is 1.57 bits per heavy atom. The van der Waals surface area contributed by atoms with Crippen LogP contribution in [0.1, 0.15) is 30.1 Å². The Bertz CT molecular complexity index is 703. The number of benzene rings is 1. The number of rotatable bonds is 5. The average molecular weight is 306 g/mol. The number of nitrogens with zero attached hydrogens (tertiary/aromatic N) is 1. The highest BCUT2D eigenvalue weighted by molar-refractivity contribution is 6.33. The lowest BCUT2D eigenvalue weighted by atomic mass is 10.1. The summed E-state index contributed by atoms with van der Waals surface area (Å²) in [7, 11) is 1.53. The predicted molar refractivity (Wildman–Crippen MR) is 81.6 cm³/mol. The highest BCUT2D eigenvalue weighted by Crippen LogP contribution is 2.31. The largest absolute Gasteiger partial charge is 0.495 e. The second-order valence-corrected chi connectivity index (χ2v) is 5.08. The van der Waals surface area contributed by atoms with Gasteiger partial charge in [-0.25, -0.2) is 0 Å². The number of H-pyrrole nitrogens is 1. The summed E-state index contributed by atoms with van der Waals surface area (Å²) >= 11 is 6.06. The summed E-state index contributed by atoms with van der Waals surface area (Å²) in [4.78, 5) is 15.4. The van der Waals surface area contributed by atoms with E-state index in [1.54, 1.807) is 18.3 Å². The van der Waals surface area contributed by atoms with Gasteiger partial charge in [0.25, 0.3) is 5.91 Å². The molecule has 1 heterocycles. The highest BCUT2D eigenvalue weighted by atomic mass is 35.5. The van der Waals surface area contributed by atoms with Crippen molar-refractivity contribution in [2.24, 2.45) is 0 Å². The monoisotopic (exact) mass is 305 g/mol. The van der Waals surface area contributed by atoms with Crippen molar-refractivity contribution in [3.8, 4) is 11.8 Å². The maximum absolute atomic E-state index is 12.3. The fourth-order valence-corrected chi connectivity index (χ4v) is 2.38. The van der Waals surface area contributed by atoms with Crippen molar-refractivity contribution in [3.05, 3.63) is 28.9 Å². The zero-order valence-electron chi connectivity index (χ0n) is 11.9. The molecular weight excluding hydrogens is 290 g/mol. The van der Waals surface area contributed by atoms with E-state index in [0.717, 1.165) is 10.9 Å². The number of amides is 1. The minimum Gasteiger partial charge on any atom is -0.495 e. The molecule has 110 valence electrons. The summed E-state index contributed by atoms with van der Waals surface area (Å²) in [5.41, 5.74) is 1.27. The second kappa shape index (κ2) is 6.51. The molecule has 0 fully saturated rings. The number of aromatic nitrogens is 1. The van der Waals surface area contributed by atoms with E-state index >= 15 is 0 Å². The van der Waals surface area contributed by atoms with Gasteiger partial charge in [0, 0.05) is 23.1 Å². The molecule has 0 saturated carbocycles. The molecule has 5 nitrogen and oxygen atoms in total. The van der Waals surface area contributed by atoms with Gasteiger partial charge in [-0.2, -0.15) is 5.26 Å². The van der Waals surface area contributed by atoms with E-state index in [1.807, 2.05) is 6.92 Å². The fraction of sp³-hybridized carbons (Fsp3) is 0.333. The maximum atomic E-state index is 12.3. The Hall–Kier alpha value is -2.19. The first-order chi connectivity index (χ1) is 10.1. The average Bonchev–Trinajstić information content (AvgIpc) is 2.88. The Morgan fingerprint density at radius 3 is 2.95 bits per heavy atom. The number of aromatic amines is 1. The number of hydrogen-bond donors (Lipinski definition) is 2. The summed E-state index contributed by atoms with van der Waals surface area (Å²) in [5.74, 6) is 0.301. The minimum atomic E-state index is -0.215. The van der Waals surface area contributed by atoms with Crippen LogP contribution in [0, 0.1) is 11.3 Å². The number of carbonyl (C=O) groups is 1. The molecule has 2 aromatic rings. The number of hydrogen-bond acceptors (Lipinski definition) is 3. The van der Waals surface area contributed by atoms with E-state index < -0.39 is 0 Å². The molecule has 6 heteroatoms. The molecule has 1 unspecified atom stereocenters. The quantitative estimate of drug-likeness (QED) is 0.890. The van der Waals surface area contributed by atoms with Crippen LogP contribution in [0.4, 0.5) is 0 Å². The van der Waals surface area contributed by atoms with Gasteiger partial charge in [-0.3, -0.25) is 4.79 Å². The number of nitriles is 1. The lowest BCUT2D eigenvalue weighted by Gasteiger charge is -2.13. The molecule has 1 aromatic carbocycles. The summed E-state index contributed by atoms with van der Waals surface area (Å²) < 4.78 is 5.18. The zero-order valence-corrected chi connectivity index (χ0v) is 12.6. The standard InChI is InChI=1S/C15H16ClN3O2/c1-3-9(4-5-17)19-15(20)11-8-18-13-7-12(16)14(21-2)6-10(11)13/h6-9,18H,3-4H2,1-2H3,(H,19,20). The third-order valence-corrected chi connectivity index (χ3v) is 3.66. The zero-order chi connectivity index (χ0) is 15.4. The molecule has 0 aliphatic rings.